The van der Waals surface area contributed by atoms with E-state index in [9.17, 15) is 8.42 Å². The summed E-state index contributed by atoms with van der Waals surface area (Å²) < 4.78 is 23.7. The van der Waals surface area contributed by atoms with Crippen molar-refractivity contribution in [2.45, 2.75) is 22.5 Å². The Labute approximate surface area is 107 Å². The lowest BCUT2D eigenvalue weighted by atomic mass is 10.4. The molecule has 1 aliphatic carbocycles. The normalized spacial score (nSPS) is 17.0. The van der Waals surface area contributed by atoms with Gasteiger partial charge in [-0.15, -0.1) is 5.73 Å². The minimum Gasteiger partial charge on any atom is -0.223 e. The molecule has 0 heterocycles. The van der Waals surface area contributed by atoms with Crippen LogP contribution in [-0.2, 0) is 9.84 Å². The number of hydrogen-bond donors (Lipinski definition) is 1. The van der Waals surface area contributed by atoms with Gasteiger partial charge in [0.15, 0.2) is 9.84 Å². The van der Waals surface area contributed by atoms with E-state index in [0.717, 1.165) is 12.8 Å². The highest BCUT2D eigenvalue weighted by molar-refractivity contribution is 7.91. The Bertz CT molecular complexity index is 548. The average Bonchev–Trinajstić information content (AvgIpc) is 3.05. The molecule has 0 aliphatic heterocycles. The molecule has 0 amide bonds. The molecule has 0 radical (unpaired) electrons. The Kier molecular flexibility index (Phi) is 3.48. The van der Waals surface area contributed by atoms with Crippen LogP contribution in [0.3, 0.4) is 0 Å². The van der Waals surface area contributed by atoms with Gasteiger partial charge in [0.2, 0.25) is 0 Å². The van der Waals surface area contributed by atoms with Crippen molar-refractivity contribution in [3.05, 3.63) is 48.2 Å². The number of benzene rings is 1. The van der Waals surface area contributed by atoms with Crippen LogP contribution in [0.15, 0.2) is 53.1 Å². The number of hydrogen-bond acceptors (Lipinski definition) is 3. The molecule has 0 N–H and O–H groups in total. The zero-order valence-corrected chi connectivity index (χ0v) is 11.0. The third kappa shape index (κ3) is 3.50. The summed E-state index contributed by atoms with van der Waals surface area (Å²) in [4.78, 5) is 0.352. The van der Waals surface area contributed by atoms with Crippen LogP contribution in [0.1, 0.15) is 12.8 Å². The molecule has 1 aromatic rings. The maximum atomic E-state index is 11.9. The van der Waals surface area contributed by atoms with Gasteiger partial charge in [0, 0.05) is 4.75 Å². The second kappa shape index (κ2) is 4.73. The van der Waals surface area contributed by atoms with Crippen LogP contribution in [0.5, 0.6) is 0 Å². The van der Waals surface area contributed by atoms with Crippen LogP contribution in [0.25, 0.3) is 0 Å². The summed E-state index contributed by atoms with van der Waals surface area (Å²) in [7, 11) is -3.22. The topological polar surface area (TPSA) is 34.1 Å². The molecule has 0 unspecified atom stereocenters. The van der Waals surface area contributed by atoms with E-state index >= 15 is 0 Å². The minimum absolute atomic E-state index is 0.0165. The van der Waals surface area contributed by atoms with E-state index in [0.29, 0.717) is 4.90 Å². The van der Waals surface area contributed by atoms with E-state index < -0.39 is 9.84 Å². The van der Waals surface area contributed by atoms with Crippen LogP contribution < -0.4 is 0 Å². The van der Waals surface area contributed by atoms with Crippen LogP contribution in [0.4, 0.5) is 0 Å². The summed E-state index contributed by atoms with van der Waals surface area (Å²) in [6.07, 6.45) is 5.49. The second-order valence-corrected chi connectivity index (χ2v) is 7.14. The first kappa shape index (κ1) is 12.5. The third-order valence-corrected chi connectivity index (χ3v) is 4.81. The van der Waals surface area contributed by atoms with E-state index in [-0.39, 0.29) is 10.5 Å². The molecule has 4 heteroatoms. The standard InChI is InChI=1S/C13H14O2S2/c14-17(15,12-6-2-1-3-7-12)11-5-4-8-13(16)9-10-13/h1-3,5-8,16H,9-11H2. The van der Waals surface area contributed by atoms with Crippen molar-refractivity contribution in [2.75, 3.05) is 5.75 Å². The molecule has 0 saturated heterocycles. The van der Waals surface area contributed by atoms with Crippen molar-refractivity contribution in [3.63, 3.8) is 0 Å². The predicted molar refractivity (Wildman–Crippen MR) is 72.1 cm³/mol. The van der Waals surface area contributed by atoms with Crippen molar-refractivity contribution in [3.8, 4) is 0 Å². The molecule has 1 fully saturated rings. The quantitative estimate of drug-likeness (QED) is 0.671. The van der Waals surface area contributed by atoms with Gasteiger partial charge in [-0.2, -0.15) is 12.6 Å². The van der Waals surface area contributed by atoms with Crippen molar-refractivity contribution < 1.29 is 8.42 Å². The molecule has 1 saturated carbocycles. The van der Waals surface area contributed by atoms with Gasteiger partial charge in [-0.05, 0) is 37.1 Å². The summed E-state index contributed by atoms with van der Waals surface area (Å²) in [5.74, 6) is -0.0165. The molecule has 17 heavy (non-hydrogen) atoms. The molecular weight excluding hydrogens is 252 g/mol. The highest BCUT2D eigenvalue weighted by atomic mass is 32.2. The monoisotopic (exact) mass is 266 g/mol. The Hall–Kier alpha value is -0.960. The second-order valence-electron chi connectivity index (χ2n) is 4.21. The average molecular weight is 266 g/mol. The zero-order chi connectivity index (χ0) is 12.4. The largest absolute Gasteiger partial charge is 0.223 e. The van der Waals surface area contributed by atoms with Gasteiger partial charge in [-0.1, -0.05) is 18.2 Å². The van der Waals surface area contributed by atoms with Crippen molar-refractivity contribution >= 4 is 22.5 Å². The van der Waals surface area contributed by atoms with Crippen molar-refractivity contribution in [1.82, 2.24) is 0 Å². The van der Waals surface area contributed by atoms with Crippen LogP contribution in [-0.4, -0.2) is 18.9 Å². The van der Waals surface area contributed by atoms with E-state index in [1.54, 1.807) is 36.4 Å². The van der Waals surface area contributed by atoms with Gasteiger partial charge in [-0.25, -0.2) is 8.42 Å². The molecule has 2 rings (SSSR count). The molecule has 0 bridgehead atoms. The maximum absolute atomic E-state index is 11.9. The fraction of sp³-hybridized carbons (Fsp3) is 0.308. The molecule has 0 aromatic heterocycles. The van der Waals surface area contributed by atoms with Crippen LogP contribution in [0, 0.1) is 0 Å². The van der Waals surface area contributed by atoms with Crippen molar-refractivity contribution in [1.29, 1.82) is 0 Å². The molecule has 1 aliphatic rings. The number of rotatable bonds is 4. The highest BCUT2D eigenvalue weighted by Gasteiger charge is 2.35. The van der Waals surface area contributed by atoms with Gasteiger partial charge < -0.3 is 0 Å². The van der Waals surface area contributed by atoms with Gasteiger partial charge in [0.1, 0.15) is 0 Å². The number of sulfone groups is 1. The zero-order valence-electron chi connectivity index (χ0n) is 9.33. The lowest BCUT2D eigenvalue weighted by Gasteiger charge is -1.99. The molecule has 0 atom stereocenters. The first-order valence-corrected chi connectivity index (χ1v) is 7.54. The smallest absolute Gasteiger partial charge is 0.182 e. The number of thiol groups is 1. The summed E-state index contributed by atoms with van der Waals surface area (Å²) in [6.45, 7) is 0. The maximum Gasteiger partial charge on any atom is 0.182 e. The molecule has 2 nitrogen and oxygen atoms in total. The lowest BCUT2D eigenvalue weighted by Crippen LogP contribution is -2.03. The summed E-state index contributed by atoms with van der Waals surface area (Å²) in [5.41, 5.74) is 2.91. The predicted octanol–water partition coefficient (Wildman–Crippen LogP) is 2.63. The molecule has 90 valence electrons. The van der Waals surface area contributed by atoms with Crippen LogP contribution in [0.2, 0.25) is 0 Å². The molecule has 0 spiro atoms. The Morgan fingerprint density at radius 3 is 2.53 bits per heavy atom. The fourth-order valence-corrected chi connectivity index (χ4v) is 2.63. The fourth-order valence-electron chi connectivity index (χ4n) is 1.37. The lowest BCUT2D eigenvalue weighted by molar-refractivity contribution is 0.599. The van der Waals surface area contributed by atoms with E-state index in [1.807, 2.05) is 6.08 Å². The van der Waals surface area contributed by atoms with E-state index in [1.165, 1.54) is 0 Å². The molecular formula is C13H14O2S2. The first-order chi connectivity index (χ1) is 8.02. The van der Waals surface area contributed by atoms with E-state index in [2.05, 4.69) is 18.4 Å². The Morgan fingerprint density at radius 1 is 1.29 bits per heavy atom. The van der Waals surface area contributed by atoms with Gasteiger partial charge in [-0.3, -0.25) is 0 Å². The van der Waals surface area contributed by atoms with Crippen LogP contribution >= 0.6 is 12.6 Å². The van der Waals surface area contributed by atoms with Gasteiger partial charge >= 0.3 is 0 Å². The minimum atomic E-state index is -3.22. The summed E-state index contributed by atoms with van der Waals surface area (Å²) in [5, 5.41) is 0. The summed E-state index contributed by atoms with van der Waals surface area (Å²) >= 11 is 4.39. The Morgan fingerprint density at radius 2 is 1.94 bits per heavy atom. The van der Waals surface area contributed by atoms with E-state index in [4.69, 9.17) is 0 Å². The third-order valence-electron chi connectivity index (χ3n) is 2.64. The first-order valence-electron chi connectivity index (χ1n) is 5.44. The van der Waals surface area contributed by atoms with Gasteiger partial charge in [0.05, 0.1) is 10.6 Å². The Balaban J connectivity index is 2.06. The van der Waals surface area contributed by atoms with Gasteiger partial charge in [0.25, 0.3) is 0 Å². The van der Waals surface area contributed by atoms with Crippen molar-refractivity contribution in [2.24, 2.45) is 0 Å². The molecule has 1 aromatic carbocycles. The highest BCUT2D eigenvalue weighted by Crippen LogP contribution is 2.42. The summed E-state index contributed by atoms with van der Waals surface area (Å²) in [6, 6.07) is 8.45. The SMILES string of the molecule is O=S(=O)(CC=C=CC1(S)CC1)c1ccccc1.